The first kappa shape index (κ1) is 33.4. The summed E-state index contributed by atoms with van der Waals surface area (Å²) < 4.78 is 61.0. The minimum absolute atomic E-state index is 0. The third-order valence-electron chi connectivity index (χ3n) is 11.5. The Kier molecular flexibility index (Phi) is 8.80. The fourth-order valence-corrected chi connectivity index (χ4v) is 8.54. The van der Waals surface area contributed by atoms with Gasteiger partial charge >= 0.3 is 0 Å². The van der Waals surface area contributed by atoms with E-state index in [1.165, 1.54) is 12.3 Å². The zero-order valence-electron chi connectivity index (χ0n) is 39.7. The van der Waals surface area contributed by atoms with E-state index >= 15 is 0 Å². The van der Waals surface area contributed by atoms with E-state index in [1.54, 1.807) is 36.4 Å². The summed E-state index contributed by atoms with van der Waals surface area (Å²) in [5, 5.41) is 1.76. The minimum atomic E-state index is -2.96. The van der Waals surface area contributed by atoms with Crippen molar-refractivity contribution in [1.82, 2.24) is 9.55 Å². The molecule has 3 heterocycles. The number of benzene rings is 8. The van der Waals surface area contributed by atoms with Crippen LogP contribution in [0.15, 0.2) is 206 Å². The average molecular weight is 999 g/mol. The van der Waals surface area contributed by atoms with E-state index in [1.807, 2.05) is 77.4 Å². The molecule has 5 nitrogen and oxygen atoms in total. The summed E-state index contributed by atoms with van der Waals surface area (Å²) in [7, 11) is 0. The smallest absolute Gasteiger partial charge is 0.135 e. The fourth-order valence-electron chi connectivity index (χ4n) is 8.54. The maximum absolute atomic E-state index is 8.76. The van der Waals surface area contributed by atoms with Gasteiger partial charge in [-0.2, -0.15) is 12.1 Å². The van der Waals surface area contributed by atoms with Crippen LogP contribution in [0.4, 0.5) is 22.7 Å². The molecule has 1 aliphatic heterocycles. The van der Waals surface area contributed by atoms with E-state index < -0.39 is 19.1 Å². The Morgan fingerprint density at radius 2 is 1.17 bits per heavy atom. The van der Waals surface area contributed by atoms with E-state index in [0.29, 0.717) is 22.8 Å². The van der Waals surface area contributed by atoms with Crippen LogP contribution in [0.25, 0.3) is 49.9 Å². The van der Waals surface area contributed by atoms with Gasteiger partial charge in [-0.05, 0) is 58.0 Å². The molecule has 0 saturated heterocycles. The topological polar surface area (TPSA) is 33.5 Å². The third kappa shape index (κ3) is 7.19. The molecular formula is C57H41N4OPt-3. The summed E-state index contributed by atoms with van der Waals surface area (Å²) in [6, 6.07) is 71.3. The van der Waals surface area contributed by atoms with Crippen LogP contribution >= 0.6 is 0 Å². The van der Waals surface area contributed by atoms with E-state index in [2.05, 4.69) is 114 Å². The summed E-state index contributed by atoms with van der Waals surface area (Å²) in [5.41, 5.74) is 7.49. The number of nitrogens with zero attached hydrogens (tertiary/aromatic N) is 4. The second-order valence-electron chi connectivity index (χ2n) is 15.2. The Morgan fingerprint density at radius 1 is 0.556 bits per heavy atom. The average Bonchev–Trinajstić information content (AvgIpc) is 3.90. The predicted octanol–water partition coefficient (Wildman–Crippen LogP) is 14.6. The van der Waals surface area contributed by atoms with Crippen LogP contribution in [0.2, 0.25) is 0 Å². The number of anilines is 4. The molecule has 0 radical (unpaired) electrons. The number of hydrogen-bond donors (Lipinski definition) is 0. The second-order valence-corrected chi connectivity index (χ2v) is 15.2. The Balaban J connectivity index is 0.00000553. The summed E-state index contributed by atoms with van der Waals surface area (Å²) in [5.74, 6) is 1.20. The number of pyridine rings is 1. The van der Waals surface area contributed by atoms with Gasteiger partial charge in [0.05, 0.1) is 0 Å². The second kappa shape index (κ2) is 16.6. The molecule has 2 aromatic heterocycles. The number of fused-ring (bicyclic) bond motifs is 4. The zero-order chi connectivity index (χ0) is 46.6. The molecule has 10 aromatic rings. The molecule has 0 aliphatic carbocycles. The Bertz CT molecular complexity index is 3400. The molecule has 1 aliphatic rings. The van der Waals surface area contributed by atoms with Crippen molar-refractivity contribution in [2.75, 3.05) is 9.80 Å². The fraction of sp³-hybridized carbons (Fsp3) is 0.0526. The van der Waals surface area contributed by atoms with Gasteiger partial charge in [0.1, 0.15) is 5.82 Å². The van der Waals surface area contributed by atoms with Crippen molar-refractivity contribution < 1.29 is 34.0 Å². The van der Waals surface area contributed by atoms with Crippen molar-refractivity contribution >= 4 is 44.6 Å². The van der Waals surface area contributed by atoms with E-state index in [4.69, 9.17) is 17.9 Å². The van der Waals surface area contributed by atoms with Crippen LogP contribution in [0.1, 0.15) is 33.1 Å². The normalized spacial score (nSPS) is 14.2. The molecule has 308 valence electrons. The van der Waals surface area contributed by atoms with Crippen molar-refractivity contribution in [3.05, 3.63) is 236 Å². The van der Waals surface area contributed by atoms with Crippen LogP contribution in [0, 0.1) is 18.8 Å². The Hall–Kier alpha value is -7.20. The molecular weight excluding hydrogens is 952 g/mol. The number of rotatable bonds is 9. The molecule has 0 amide bonds. The first-order valence-electron chi connectivity index (χ1n) is 23.5. The SMILES string of the molecule is [2H]C([2H])([2H])C(c1ccccc1)(c1ccnc(-n2c3[c-]c(Oc4[c-]c(N5[CH-]N(c6c(-c7ccccc7)cccc6-c6ccccc6)c6ccccc65)ccc4)ccc3c3ccccc32)c1)C([2H])([2H])[2H].[Pt]. The van der Waals surface area contributed by atoms with Gasteiger partial charge in [0.2, 0.25) is 0 Å². The predicted molar refractivity (Wildman–Crippen MR) is 254 cm³/mol. The van der Waals surface area contributed by atoms with E-state index in [9.17, 15) is 0 Å². The van der Waals surface area contributed by atoms with Crippen molar-refractivity contribution in [3.63, 3.8) is 0 Å². The molecule has 0 N–H and O–H groups in total. The Morgan fingerprint density at radius 3 is 1.89 bits per heavy atom. The molecule has 6 heteroatoms. The summed E-state index contributed by atoms with van der Waals surface area (Å²) in [6.45, 7) is -3.80. The number of para-hydroxylation sites is 4. The van der Waals surface area contributed by atoms with Gasteiger partial charge in [0.15, 0.2) is 0 Å². The first-order valence-corrected chi connectivity index (χ1v) is 20.5. The van der Waals surface area contributed by atoms with Gasteiger partial charge in [-0.3, -0.25) is 0 Å². The van der Waals surface area contributed by atoms with Gasteiger partial charge in [0.25, 0.3) is 0 Å². The van der Waals surface area contributed by atoms with Crippen molar-refractivity contribution in [2.24, 2.45) is 0 Å². The van der Waals surface area contributed by atoms with Crippen LogP contribution in [0.3, 0.4) is 0 Å². The Labute approximate surface area is 391 Å². The van der Waals surface area contributed by atoms with Crippen molar-refractivity contribution in [1.29, 1.82) is 0 Å². The van der Waals surface area contributed by atoms with Gasteiger partial charge in [-0.1, -0.05) is 159 Å². The van der Waals surface area contributed by atoms with E-state index in [0.717, 1.165) is 61.3 Å². The standard InChI is InChI=1S/C57H41N4O.Pt/c1-57(2,42-22-10-5-11-23-42)43-34-35-58-55(36-43)61-51-29-13-12-26-49(51)50-33-32-46(38-54(50)61)62-45-25-16-24-44(37-45)59-39-60(53-31-15-14-30-52(53)59)56-47(40-18-6-3-7-19-40)27-17-28-48(56)41-20-8-4-9-21-41;/h3-36,39H,1-2H3;/q-3;/i1D3,2D3;. The van der Waals surface area contributed by atoms with Crippen LogP contribution in [0.5, 0.6) is 11.5 Å². The van der Waals surface area contributed by atoms with Crippen molar-refractivity contribution in [2.45, 2.75) is 19.1 Å². The first-order chi connectivity index (χ1) is 33.0. The minimum Gasteiger partial charge on any atom is -0.509 e. The van der Waals surface area contributed by atoms with Crippen LogP contribution < -0.4 is 14.5 Å². The molecule has 0 saturated carbocycles. The molecule has 0 atom stereocenters. The molecule has 11 rings (SSSR count). The van der Waals surface area contributed by atoms with Crippen LogP contribution in [-0.2, 0) is 26.5 Å². The van der Waals surface area contributed by atoms with E-state index in [-0.39, 0.29) is 32.2 Å². The molecule has 0 spiro atoms. The number of aromatic nitrogens is 2. The summed E-state index contributed by atoms with van der Waals surface area (Å²) >= 11 is 0. The zero-order valence-corrected chi connectivity index (χ0v) is 36.0. The quantitative estimate of drug-likeness (QED) is 0.135. The molecule has 63 heavy (non-hydrogen) atoms. The molecule has 0 fully saturated rings. The van der Waals surface area contributed by atoms with Gasteiger partial charge in [-0.25, -0.2) is 4.98 Å². The van der Waals surface area contributed by atoms with Gasteiger partial charge in [0, 0.05) is 86.1 Å². The van der Waals surface area contributed by atoms with Crippen molar-refractivity contribution in [3.8, 4) is 39.6 Å². The maximum Gasteiger partial charge on any atom is 0.135 e. The number of ether oxygens (including phenoxy) is 1. The summed E-state index contributed by atoms with van der Waals surface area (Å²) in [6.07, 6.45) is 1.47. The molecule has 8 aromatic carbocycles. The summed E-state index contributed by atoms with van der Waals surface area (Å²) in [4.78, 5) is 9.11. The largest absolute Gasteiger partial charge is 0.509 e. The third-order valence-corrected chi connectivity index (χ3v) is 11.5. The monoisotopic (exact) mass is 998 g/mol. The van der Waals surface area contributed by atoms with Crippen LogP contribution in [-0.4, -0.2) is 9.55 Å². The van der Waals surface area contributed by atoms with Gasteiger partial charge in [-0.15, -0.1) is 48.1 Å². The molecule has 0 unspecified atom stereocenters. The molecule has 0 bridgehead atoms. The number of hydrogen-bond acceptors (Lipinski definition) is 4. The maximum atomic E-state index is 8.76. The van der Waals surface area contributed by atoms with Gasteiger partial charge < -0.3 is 19.1 Å².